The van der Waals surface area contributed by atoms with Gasteiger partial charge in [-0.05, 0) is 48.2 Å². The first-order valence-corrected chi connectivity index (χ1v) is 9.04. The fraction of sp³-hybridized carbons (Fsp3) is 0.304. The predicted octanol–water partition coefficient (Wildman–Crippen LogP) is 7.15. The van der Waals surface area contributed by atoms with Gasteiger partial charge in [0.05, 0.1) is 5.56 Å². The van der Waals surface area contributed by atoms with Crippen molar-refractivity contribution in [2.45, 2.75) is 45.9 Å². The molecule has 148 valence electrons. The summed E-state index contributed by atoms with van der Waals surface area (Å²) in [5.74, 6) is 1.96. The van der Waals surface area contributed by atoms with Crippen LogP contribution in [0.2, 0.25) is 0 Å². The van der Waals surface area contributed by atoms with Gasteiger partial charge in [0.25, 0.3) is 0 Å². The average Bonchev–Trinajstić information content (AvgIpc) is 3.00. The van der Waals surface area contributed by atoms with E-state index in [9.17, 15) is 13.2 Å². The lowest BCUT2D eigenvalue weighted by Crippen LogP contribution is -2.10. The quantitative estimate of drug-likeness (QED) is 0.473. The molecule has 0 spiro atoms. The van der Waals surface area contributed by atoms with Crippen molar-refractivity contribution in [3.63, 3.8) is 0 Å². The zero-order valence-corrected chi connectivity index (χ0v) is 16.4. The third-order valence-corrected chi connectivity index (χ3v) is 4.63. The van der Waals surface area contributed by atoms with Crippen LogP contribution < -0.4 is 4.74 Å². The maximum atomic E-state index is 12.7. The van der Waals surface area contributed by atoms with E-state index in [-0.39, 0.29) is 5.41 Å². The van der Waals surface area contributed by atoms with E-state index >= 15 is 0 Å². The molecule has 0 atom stereocenters. The Bertz CT molecular complexity index is 928. The zero-order chi connectivity index (χ0) is 20.5. The van der Waals surface area contributed by atoms with E-state index < -0.39 is 11.7 Å². The molecule has 0 saturated carbocycles. The fourth-order valence-electron chi connectivity index (χ4n) is 2.84. The molecule has 0 fully saturated rings. The van der Waals surface area contributed by atoms with E-state index in [2.05, 4.69) is 20.8 Å². The summed E-state index contributed by atoms with van der Waals surface area (Å²) in [5.41, 5.74) is 2.08. The van der Waals surface area contributed by atoms with Gasteiger partial charge in [-0.3, -0.25) is 0 Å². The number of rotatable bonds is 4. The second-order valence-corrected chi connectivity index (χ2v) is 7.83. The van der Waals surface area contributed by atoms with Crippen LogP contribution in [0, 0.1) is 6.92 Å². The Morgan fingerprint density at radius 3 is 1.96 bits per heavy atom. The van der Waals surface area contributed by atoms with Crippen molar-refractivity contribution in [3.05, 3.63) is 77.0 Å². The molecule has 0 aliphatic carbocycles. The molecule has 0 saturated heterocycles. The molecule has 0 unspecified atom stereocenters. The minimum Gasteiger partial charge on any atom is -0.489 e. The molecule has 2 aromatic carbocycles. The van der Waals surface area contributed by atoms with Crippen molar-refractivity contribution in [3.8, 4) is 17.1 Å². The first-order chi connectivity index (χ1) is 13.0. The van der Waals surface area contributed by atoms with Crippen LogP contribution in [-0.2, 0) is 18.2 Å². The van der Waals surface area contributed by atoms with Crippen LogP contribution in [0.4, 0.5) is 13.2 Å². The Kier molecular flexibility index (Phi) is 5.28. The second kappa shape index (κ2) is 7.38. The number of halogens is 3. The van der Waals surface area contributed by atoms with Gasteiger partial charge in [0.2, 0.25) is 0 Å². The summed E-state index contributed by atoms with van der Waals surface area (Å²) >= 11 is 0. The van der Waals surface area contributed by atoms with Crippen LogP contribution in [0.3, 0.4) is 0 Å². The van der Waals surface area contributed by atoms with Gasteiger partial charge in [0.1, 0.15) is 23.9 Å². The molecule has 0 aliphatic heterocycles. The minimum absolute atomic E-state index is 0.0796. The molecule has 1 heterocycles. The first-order valence-electron chi connectivity index (χ1n) is 9.04. The lowest BCUT2D eigenvalue weighted by molar-refractivity contribution is -0.137. The smallest absolute Gasteiger partial charge is 0.416 e. The zero-order valence-electron chi connectivity index (χ0n) is 16.4. The van der Waals surface area contributed by atoms with E-state index in [0.717, 1.165) is 23.4 Å². The third kappa shape index (κ3) is 4.58. The van der Waals surface area contributed by atoms with Crippen molar-refractivity contribution in [1.82, 2.24) is 0 Å². The molecule has 0 amide bonds. The van der Waals surface area contributed by atoms with E-state index in [1.54, 1.807) is 6.07 Å². The van der Waals surface area contributed by atoms with Gasteiger partial charge in [-0.1, -0.05) is 45.0 Å². The number of hydrogen-bond acceptors (Lipinski definition) is 2. The number of ether oxygens (including phenoxy) is 1. The van der Waals surface area contributed by atoms with Gasteiger partial charge in [-0.25, -0.2) is 0 Å². The molecule has 0 radical (unpaired) electrons. The molecular formula is C23H23F3O2. The Morgan fingerprint density at radius 1 is 0.857 bits per heavy atom. The Morgan fingerprint density at radius 2 is 1.43 bits per heavy atom. The number of alkyl halides is 3. The average molecular weight is 388 g/mol. The van der Waals surface area contributed by atoms with Crippen LogP contribution in [0.1, 0.15) is 43.2 Å². The van der Waals surface area contributed by atoms with Gasteiger partial charge < -0.3 is 9.15 Å². The Balaban J connectivity index is 1.70. The van der Waals surface area contributed by atoms with Crippen LogP contribution in [0.5, 0.6) is 5.75 Å². The lowest BCUT2D eigenvalue weighted by Gasteiger charge is -2.19. The summed E-state index contributed by atoms with van der Waals surface area (Å²) in [5, 5.41) is 0. The number of hydrogen-bond donors (Lipinski definition) is 0. The van der Waals surface area contributed by atoms with Crippen molar-refractivity contribution < 1.29 is 22.3 Å². The monoisotopic (exact) mass is 388 g/mol. The molecule has 5 heteroatoms. The molecule has 28 heavy (non-hydrogen) atoms. The highest BCUT2D eigenvalue weighted by atomic mass is 19.4. The molecule has 1 aromatic heterocycles. The van der Waals surface area contributed by atoms with Gasteiger partial charge in [0.15, 0.2) is 0 Å². The summed E-state index contributed by atoms with van der Waals surface area (Å²) in [6.07, 6.45) is -4.35. The Labute approximate surface area is 163 Å². The van der Waals surface area contributed by atoms with Gasteiger partial charge >= 0.3 is 6.18 Å². The fourth-order valence-corrected chi connectivity index (χ4v) is 2.84. The van der Waals surface area contributed by atoms with Crippen LogP contribution in [0.15, 0.2) is 59.0 Å². The third-order valence-electron chi connectivity index (χ3n) is 4.63. The largest absolute Gasteiger partial charge is 0.489 e. The van der Waals surface area contributed by atoms with Crippen LogP contribution in [0.25, 0.3) is 11.3 Å². The predicted molar refractivity (Wildman–Crippen MR) is 103 cm³/mol. The van der Waals surface area contributed by atoms with E-state index in [1.807, 2.05) is 31.2 Å². The van der Waals surface area contributed by atoms with E-state index in [4.69, 9.17) is 9.15 Å². The van der Waals surface area contributed by atoms with Crippen molar-refractivity contribution in [2.75, 3.05) is 0 Å². The van der Waals surface area contributed by atoms with Crippen molar-refractivity contribution in [2.24, 2.45) is 0 Å². The highest BCUT2D eigenvalue weighted by Crippen LogP contribution is 2.32. The normalized spacial score (nSPS) is 12.2. The van der Waals surface area contributed by atoms with E-state index in [1.165, 1.54) is 17.7 Å². The van der Waals surface area contributed by atoms with E-state index in [0.29, 0.717) is 23.7 Å². The molecule has 3 rings (SSSR count). The molecule has 0 aliphatic rings. The van der Waals surface area contributed by atoms with Gasteiger partial charge in [0, 0.05) is 11.1 Å². The van der Waals surface area contributed by atoms with Crippen molar-refractivity contribution in [1.29, 1.82) is 0 Å². The summed E-state index contributed by atoms with van der Waals surface area (Å²) < 4.78 is 49.7. The van der Waals surface area contributed by atoms with Crippen molar-refractivity contribution >= 4 is 0 Å². The molecule has 0 N–H and O–H groups in total. The van der Waals surface area contributed by atoms with Crippen LogP contribution in [-0.4, -0.2) is 0 Å². The summed E-state index contributed by atoms with van der Waals surface area (Å²) in [4.78, 5) is 0. The van der Waals surface area contributed by atoms with Gasteiger partial charge in [-0.15, -0.1) is 0 Å². The first kappa shape index (κ1) is 20.1. The highest BCUT2D eigenvalue weighted by molar-refractivity contribution is 5.59. The standard InChI is InChI=1S/C23H23F3O2/c1-15-17(14-27-20-11-9-18(10-12-20)22(2,3)4)13-21(28-15)16-5-7-19(8-6-16)23(24,25)26/h5-13H,14H2,1-4H3. The summed E-state index contributed by atoms with van der Waals surface area (Å²) in [6.45, 7) is 8.60. The topological polar surface area (TPSA) is 22.4 Å². The second-order valence-electron chi connectivity index (χ2n) is 7.83. The molecule has 0 bridgehead atoms. The SMILES string of the molecule is Cc1oc(-c2ccc(C(F)(F)F)cc2)cc1COc1ccc(C(C)(C)C)cc1. The molecular weight excluding hydrogens is 365 g/mol. The molecule has 2 nitrogen and oxygen atoms in total. The maximum absolute atomic E-state index is 12.7. The number of furan rings is 1. The van der Waals surface area contributed by atoms with Crippen LogP contribution >= 0.6 is 0 Å². The summed E-state index contributed by atoms with van der Waals surface area (Å²) in [7, 11) is 0. The molecule has 3 aromatic rings. The maximum Gasteiger partial charge on any atom is 0.416 e. The minimum atomic E-state index is -4.35. The highest BCUT2D eigenvalue weighted by Gasteiger charge is 2.30. The number of aryl methyl sites for hydroxylation is 1. The summed E-state index contributed by atoms with van der Waals surface area (Å²) in [6, 6.07) is 14.7. The van der Waals surface area contributed by atoms with Gasteiger partial charge in [-0.2, -0.15) is 13.2 Å². The lowest BCUT2D eigenvalue weighted by atomic mass is 9.87. The Hall–Kier alpha value is -2.69. The number of benzene rings is 2.